The molecule has 1 aromatic carbocycles. The molecule has 0 aliphatic heterocycles. The second-order valence-corrected chi connectivity index (χ2v) is 5.36. The maximum absolute atomic E-state index is 13.2. The first-order valence-corrected chi connectivity index (χ1v) is 7.08. The van der Waals surface area contributed by atoms with Crippen molar-refractivity contribution in [1.29, 1.82) is 0 Å². The molecule has 0 radical (unpaired) electrons. The van der Waals surface area contributed by atoms with Gasteiger partial charge in [0.15, 0.2) is 0 Å². The van der Waals surface area contributed by atoms with Crippen LogP contribution in [0, 0.1) is 17.6 Å². The molecule has 0 aliphatic carbocycles. The van der Waals surface area contributed by atoms with Gasteiger partial charge in [-0.2, -0.15) is 0 Å². The minimum Gasteiger partial charge on any atom is -0.465 e. The SMILES string of the molecule is COC(=O)c1ccnc([C@@H](O)[C@@H](C)Cc2cc(F)cc(F)c2)c1. The predicted molar refractivity (Wildman–Crippen MR) is 79.8 cm³/mol. The molecular weight excluding hydrogens is 304 g/mol. The Kier molecular flexibility index (Phi) is 5.39. The fourth-order valence-corrected chi connectivity index (χ4v) is 2.36. The number of carbonyl (C=O) groups is 1. The first-order valence-electron chi connectivity index (χ1n) is 7.08. The van der Waals surface area contributed by atoms with E-state index in [1.165, 1.54) is 37.6 Å². The van der Waals surface area contributed by atoms with Gasteiger partial charge in [0.2, 0.25) is 0 Å². The minimum absolute atomic E-state index is 0.264. The van der Waals surface area contributed by atoms with Gasteiger partial charge >= 0.3 is 5.97 Å². The summed E-state index contributed by atoms with van der Waals surface area (Å²) in [4.78, 5) is 15.6. The maximum atomic E-state index is 13.2. The van der Waals surface area contributed by atoms with Gasteiger partial charge in [0.25, 0.3) is 0 Å². The average molecular weight is 321 g/mol. The summed E-state index contributed by atoms with van der Waals surface area (Å²) in [5.74, 6) is -2.20. The molecule has 1 aromatic heterocycles. The second kappa shape index (κ2) is 7.28. The third-order valence-corrected chi connectivity index (χ3v) is 3.52. The molecule has 4 nitrogen and oxygen atoms in total. The normalized spacial score (nSPS) is 13.4. The zero-order chi connectivity index (χ0) is 17.0. The van der Waals surface area contributed by atoms with Crippen molar-refractivity contribution in [2.75, 3.05) is 7.11 Å². The number of carbonyl (C=O) groups excluding carboxylic acids is 1. The van der Waals surface area contributed by atoms with Crippen molar-refractivity contribution in [2.24, 2.45) is 5.92 Å². The monoisotopic (exact) mass is 321 g/mol. The molecule has 6 heteroatoms. The molecule has 1 heterocycles. The van der Waals surface area contributed by atoms with Crippen molar-refractivity contribution >= 4 is 5.97 Å². The van der Waals surface area contributed by atoms with E-state index in [4.69, 9.17) is 0 Å². The Morgan fingerprint density at radius 1 is 1.26 bits per heavy atom. The van der Waals surface area contributed by atoms with Crippen molar-refractivity contribution in [2.45, 2.75) is 19.4 Å². The molecule has 0 amide bonds. The lowest BCUT2D eigenvalue weighted by molar-refractivity contribution is 0.0599. The van der Waals surface area contributed by atoms with Gasteiger partial charge in [-0.15, -0.1) is 0 Å². The van der Waals surface area contributed by atoms with Crippen molar-refractivity contribution in [3.05, 3.63) is 65.0 Å². The second-order valence-electron chi connectivity index (χ2n) is 5.36. The molecular formula is C17H17F2NO3. The molecule has 0 saturated heterocycles. The summed E-state index contributed by atoms with van der Waals surface area (Å²) in [6, 6.07) is 6.18. The molecule has 0 bridgehead atoms. The Morgan fingerprint density at radius 2 is 1.91 bits per heavy atom. The van der Waals surface area contributed by atoms with E-state index in [0.29, 0.717) is 11.3 Å². The Hall–Kier alpha value is -2.34. The number of pyridine rings is 1. The summed E-state index contributed by atoms with van der Waals surface area (Å²) in [5, 5.41) is 10.4. The number of benzene rings is 1. The standard InChI is InChI=1S/C17H17F2NO3/c1-10(5-11-6-13(18)9-14(19)7-11)16(21)15-8-12(3-4-20-15)17(22)23-2/h3-4,6-10,16,21H,5H2,1-2H3/t10-,16-/m0/s1. The lowest BCUT2D eigenvalue weighted by atomic mass is 9.93. The number of nitrogens with zero attached hydrogens (tertiary/aromatic N) is 1. The van der Waals surface area contributed by atoms with E-state index >= 15 is 0 Å². The predicted octanol–water partition coefficient (Wildman–Crippen LogP) is 3.06. The number of aliphatic hydroxyl groups is 1. The van der Waals surface area contributed by atoms with Crippen LogP contribution >= 0.6 is 0 Å². The molecule has 2 rings (SSSR count). The fraction of sp³-hybridized carbons (Fsp3) is 0.294. The van der Waals surface area contributed by atoms with Crippen molar-refractivity contribution in [3.8, 4) is 0 Å². The number of aromatic nitrogens is 1. The van der Waals surface area contributed by atoms with Gasteiger partial charge in [-0.05, 0) is 42.2 Å². The largest absolute Gasteiger partial charge is 0.465 e. The molecule has 0 saturated carbocycles. The lowest BCUT2D eigenvalue weighted by Gasteiger charge is -2.19. The topological polar surface area (TPSA) is 59.4 Å². The van der Waals surface area contributed by atoms with Gasteiger partial charge in [-0.3, -0.25) is 4.98 Å². The smallest absolute Gasteiger partial charge is 0.337 e. The highest BCUT2D eigenvalue weighted by Gasteiger charge is 2.20. The van der Waals surface area contributed by atoms with Crippen LogP contribution in [0.1, 0.15) is 34.6 Å². The molecule has 1 N–H and O–H groups in total. The van der Waals surface area contributed by atoms with Crippen LogP contribution in [0.4, 0.5) is 8.78 Å². The van der Waals surface area contributed by atoms with Gasteiger partial charge in [-0.25, -0.2) is 13.6 Å². The van der Waals surface area contributed by atoms with Crippen molar-refractivity contribution in [1.82, 2.24) is 4.98 Å². The summed E-state index contributed by atoms with van der Waals surface area (Å²) in [6.07, 6.45) is 0.685. The van der Waals surface area contributed by atoms with E-state index in [1.54, 1.807) is 6.92 Å². The number of halogens is 2. The molecule has 2 atom stereocenters. The molecule has 0 unspecified atom stereocenters. The quantitative estimate of drug-likeness (QED) is 0.860. The van der Waals surface area contributed by atoms with Gasteiger partial charge in [-0.1, -0.05) is 6.92 Å². The van der Waals surface area contributed by atoms with Gasteiger partial charge in [0.05, 0.1) is 24.5 Å². The van der Waals surface area contributed by atoms with Gasteiger partial charge < -0.3 is 9.84 Å². The van der Waals surface area contributed by atoms with Crippen molar-refractivity contribution < 1.29 is 23.4 Å². The molecule has 0 spiro atoms. The van der Waals surface area contributed by atoms with Crippen LogP contribution < -0.4 is 0 Å². The Balaban J connectivity index is 2.16. The summed E-state index contributed by atoms with van der Waals surface area (Å²) in [7, 11) is 1.26. The van der Waals surface area contributed by atoms with E-state index < -0.39 is 23.7 Å². The van der Waals surface area contributed by atoms with Crippen LogP contribution in [0.3, 0.4) is 0 Å². The van der Waals surface area contributed by atoms with Gasteiger partial charge in [0.1, 0.15) is 11.6 Å². The fourth-order valence-electron chi connectivity index (χ4n) is 2.36. The number of ether oxygens (including phenoxy) is 1. The third kappa shape index (κ3) is 4.32. The third-order valence-electron chi connectivity index (χ3n) is 3.52. The highest BCUT2D eigenvalue weighted by atomic mass is 19.1. The van der Waals surface area contributed by atoms with E-state index in [-0.39, 0.29) is 17.9 Å². The van der Waals surface area contributed by atoms with Crippen LogP contribution in [0.2, 0.25) is 0 Å². The van der Waals surface area contributed by atoms with E-state index in [0.717, 1.165) is 6.07 Å². The number of hydrogen-bond acceptors (Lipinski definition) is 4. The average Bonchev–Trinajstić information content (AvgIpc) is 2.52. The van der Waals surface area contributed by atoms with Gasteiger partial charge in [0, 0.05) is 12.3 Å². The number of hydrogen-bond donors (Lipinski definition) is 1. The van der Waals surface area contributed by atoms with Crippen LogP contribution in [-0.4, -0.2) is 23.2 Å². The summed E-state index contributed by atoms with van der Waals surface area (Å²) in [6.45, 7) is 1.74. The Bertz CT molecular complexity index is 686. The molecule has 2 aromatic rings. The van der Waals surface area contributed by atoms with E-state index in [2.05, 4.69) is 9.72 Å². The molecule has 0 aliphatic rings. The van der Waals surface area contributed by atoms with Crippen LogP contribution in [0.5, 0.6) is 0 Å². The first-order chi connectivity index (χ1) is 10.9. The zero-order valence-corrected chi connectivity index (χ0v) is 12.8. The van der Waals surface area contributed by atoms with Crippen LogP contribution in [-0.2, 0) is 11.2 Å². The van der Waals surface area contributed by atoms with Crippen molar-refractivity contribution in [3.63, 3.8) is 0 Å². The molecule has 0 fully saturated rings. The highest BCUT2D eigenvalue weighted by Crippen LogP contribution is 2.25. The Morgan fingerprint density at radius 3 is 2.52 bits per heavy atom. The first kappa shape index (κ1) is 17.0. The zero-order valence-electron chi connectivity index (χ0n) is 12.8. The number of aliphatic hydroxyl groups excluding tert-OH is 1. The molecule has 122 valence electrons. The lowest BCUT2D eigenvalue weighted by Crippen LogP contribution is -2.14. The maximum Gasteiger partial charge on any atom is 0.337 e. The highest BCUT2D eigenvalue weighted by molar-refractivity contribution is 5.89. The van der Waals surface area contributed by atoms with Crippen LogP contribution in [0.25, 0.3) is 0 Å². The molecule has 23 heavy (non-hydrogen) atoms. The van der Waals surface area contributed by atoms with E-state index in [9.17, 15) is 18.7 Å². The summed E-state index contributed by atoms with van der Waals surface area (Å²) in [5.41, 5.74) is 1.02. The number of methoxy groups -OCH3 is 1. The number of esters is 1. The number of rotatable bonds is 5. The minimum atomic E-state index is -0.981. The van der Waals surface area contributed by atoms with E-state index in [1.807, 2.05) is 0 Å². The summed E-state index contributed by atoms with van der Waals surface area (Å²) >= 11 is 0. The summed E-state index contributed by atoms with van der Waals surface area (Å²) < 4.78 is 31.1. The Labute approximate surface area is 132 Å². The van der Waals surface area contributed by atoms with Crippen LogP contribution in [0.15, 0.2) is 36.5 Å².